The molecule has 2 N–H and O–H groups in total. The van der Waals surface area contributed by atoms with Gasteiger partial charge in [0.2, 0.25) is 0 Å². The summed E-state index contributed by atoms with van der Waals surface area (Å²) in [6.45, 7) is 4.23. The molecule has 2 rings (SSSR count). The molecule has 3 nitrogen and oxygen atoms in total. The molecule has 0 amide bonds. The maximum atomic E-state index is 4.30. The number of nitrogens with one attached hydrogen (secondary N) is 2. The van der Waals surface area contributed by atoms with Gasteiger partial charge in [-0.25, -0.2) is 4.98 Å². The second kappa shape index (κ2) is 6.48. The molecule has 1 aliphatic rings. The van der Waals surface area contributed by atoms with Crippen molar-refractivity contribution in [1.82, 2.24) is 4.98 Å². The van der Waals surface area contributed by atoms with Gasteiger partial charge < -0.3 is 10.6 Å². The molecule has 1 aliphatic carbocycles. The quantitative estimate of drug-likeness (QED) is 0.756. The molecule has 94 valence electrons. The van der Waals surface area contributed by atoms with Crippen LogP contribution in [0.3, 0.4) is 0 Å². The Labute approximate surface area is 104 Å². The molecule has 0 spiro atoms. The van der Waals surface area contributed by atoms with E-state index in [0.717, 1.165) is 31.2 Å². The molecule has 1 aromatic rings. The molecule has 0 aromatic carbocycles. The highest BCUT2D eigenvalue weighted by Crippen LogP contribution is 2.29. The van der Waals surface area contributed by atoms with Crippen LogP contribution >= 0.6 is 0 Å². The SMILES string of the molecule is CCCNc1cc(NCCC2CCC2)ccn1. The lowest BCUT2D eigenvalue weighted by Gasteiger charge is -2.25. The van der Waals surface area contributed by atoms with E-state index in [1.807, 2.05) is 12.3 Å². The van der Waals surface area contributed by atoms with Gasteiger partial charge in [-0.3, -0.25) is 0 Å². The van der Waals surface area contributed by atoms with Crippen molar-refractivity contribution in [2.75, 3.05) is 23.7 Å². The van der Waals surface area contributed by atoms with E-state index in [4.69, 9.17) is 0 Å². The van der Waals surface area contributed by atoms with Crippen molar-refractivity contribution in [1.29, 1.82) is 0 Å². The lowest BCUT2D eigenvalue weighted by molar-refractivity contribution is 0.303. The minimum absolute atomic E-state index is 0.973. The smallest absolute Gasteiger partial charge is 0.127 e. The summed E-state index contributed by atoms with van der Waals surface area (Å²) in [6.07, 6.45) is 8.60. The Morgan fingerprint density at radius 2 is 2.18 bits per heavy atom. The van der Waals surface area contributed by atoms with Gasteiger partial charge in [0, 0.05) is 31.0 Å². The number of aromatic nitrogens is 1. The predicted molar refractivity (Wildman–Crippen MR) is 73.5 cm³/mol. The zero-order valence-corrected chi connectivity index (χ0v) is 10.7. The first-order chi connectivity index (χ1) is 8.38. The number of nitrogens with zero attached hydrogens (tertiary/aromatic N) is 1. The molecule has 17 heavy (non-hydrogen) atoms. The summed E-state index contributed by atoms with van der Waals surface area (Å²) in [6, 6.07) is 4.13. The van der Waals surface area contributed by atoms with Crippen molar-refractivity contribution in [2.45, 2.75) is 39.0 Å². The fraction of sp³-hybridized carbons (Fsp3) is 0.643. The maximum absolute atomic E-state index is 4.30. The van der Waals surface area contributed by atoms with E-state index in [9.17, 15) is 0 Å². The molecule has 0 aliphatic heterocycles. The van der Waals surface area contributed by atoms with Crippen molar-refractivity contribution < 1.29 is 0 Å². The third kappa shape index (κ3) is 3.91. The van der Waals surface area contributed by atoms with Crippen LogP contribution in [0.1, 0.15) is 39.0 Å². The Morgan fingerprint density at radius 1 is 1.29 bits per heavy atom. The standard InChI is InChI=1S/C14H23N3/c1-2-8-16-14-11-13(7-10-17-14)15-9-6-12-4-3-5-12/h7,10-12H,2-6,8-9H2,1H3,(H2,15,16,17). The molecule has 0 saturated heterocycles. The second-order valence-electron chi connectivity index (χ2n) is 4.87. The van der Waals surface area contributed by atoms with Crippen LogP contribution in [-0.4, -0.2) is 18.1 Å². The minimum Gasteiger partial charge on any atom is -0.385 e. The lowest BCUT2D eigenvalue weighted by atomic mass is 9.83. The summed E-state index contributed by atoms with van der Waals surface area (Å²) in [5, 5.41) is 6.79. The van der Waals surface area contributed by atoms with Gasteiger partial charge in [0.05, 0.1) is 0 Å². The zero-order chi connectivity index (χ0) is 11.9. The average molecular weight is 233 g/mol. The monoisotopic (exact) mass is 233 g/mol. The summed E-state index contributed by atoms with van der Waals surface area (Å²) in [5.74, 6) is 1.95. The molecule has 1 heterocycles. The number of hydrogen-bond acceptors (Lipinski definition) is 3. The highest BCUT2D eigenvalue weighted by Gasteiger charge is 2.16. The van der Waals surface area contributed by atoms with E-state index in [-0.39, 0.29) is 0 Å². The van der Waals surface area contributed by atoms with Gasteiger partial charge in [0.25, 0.3) is 0 Å². The Kier molecular flexibility index (Phi) is 4.65. The summed E-state index contributed by atoms with van der Waals surface area (Å²) < 4.78 is 0. The Balaban J connectivity index is 1.74. The van der Waals surface area contributed by atoms with Gasteiger partial charge in [0.15, 0.2) is 0 Å². The highest BCUT2D eigenvalue weighted by atomic mass is 15.0. The topological polar surface area (TPSA) is 37.0 Å². The molecule has 1 aromatic heterocycles. The van der Waals surface area contributed by atoms with Gasteiger partial charge >= 0.3 is 0 Å². The van der Waals surface area contributed by atoms with Crippen LogP contribution in [0.15, 0.2) is 18.3 Å². The summed E-state index contributed by atoms with van der Waals surface area (Å²) in [7, 11) is 0. The van der Waals surface area contributed by atoms with E-state index >= 15 is 0 Å². The first kappa shape index (κ1) is 12.2. The van der Waals surface area contributed by atoms with Crippen molar-refractivity contribution in [3.05, 3.63) is 18.3 Å². The van der Waals surface area contributed by atoms with E-state index in [2.05, 4.69) is 28.6 Å². The number of hydrogen-bond donors (Lipinski definition) is 2. The van der Waals surface area contributed by atoms with Crippen LogP contribution in [0.25, 0.3) is 0 Å². The van der Waals surface area contributed by atoms with E-state index in [0.29, 0.717) is 0 Å². The highest BCUT2D eigenvalue weighted by molar-refractivity contribution is 5.51. The normalized spacial score (nSPS) is 15.4. The molecule has 3 heteroatoms. The first-order valence-corrected chi connectivity index (χ1v) is 6.82. The van der Waals surface area contributed by atoms with Gasteiger partial charge in [-0.1, -0.05) is 26.2 Å². The summed E-state index contributed by atoms with van der Waals surface area (Å²) >= 11 is 0. The van der Waals surface area contributed by atoms with Crippen molar-refractivity contribution in [2.24, 2.45) is 5.92 Å². The number of pyridine rings is 1. The van der Waals surface area contributed by atoms with E-state index in [1.165, 1.54) is 31.4 Å². The number of rotatable bonds is 7. The molecular formula is C14H23N3. The van der Waals surface area contributed by atoms with Crippen LogP contribution in [0.2, 0.25) is 0 Å². The van der Waals surface area contributed by atoms with E-state index < -0.39 is 0 Å². The van der Waals surface area contributed by atoms with Crippen LogP contribution in [0.5, 0.6) is 0 Å². The van der Waals surface area contributed by atoms with Gasteiger partial charge in [0.1, 0.15) is 5.82 Å². The molecule has 1 fully saturated rings. The fourth-order valence-electron chi connectivity index (χ4n) is 2.09. The van der Waals surface area contributed by atoms with Crippen molar-refractivity contribution >= 4 is 11.5 Å². The first-order valence-electron chi connectivity index (χ1n) is 6.82. The third-order valence-electron chi connectivity index (χ3n) is 3.42. The molecule has 0 unspecified atom stereocenters. The molecule has 1 saturated carbocycles. The van der Waals surface area contributed by atoms with Gasteiger partial charge in [-0.05, 0) is 24.8 Å². The Morgan fingerprint density at radius 3 is 2.88 bits per heavy atom. The summed E-state index contributed by atoms with van der Waals surface area (Å²) in [5.41, 5.74) is 1.18. The Hall–Kier alpha value is -1.25. The molecule has 0 atom stereocenters. The van der Waals surface area contributed by atoms with Crippen LogP contribution < -0.4 is 10.6 Å². The van der Waals surface area contributed by atoms with Crippen molar-refractivity contribution in [3.8, 4) is 0 Å². The third-order valence-corrected chi connectivity index (χ3v) is 3.42. The lowest BCUT2D eigenvalue weighted by Crippen LogP contribution is -2.15. The Bertz CT molecular complexity index is 334. The minimum atomic E-state index is 0.973. The molecule has 0 radical (unpaired) electrons. The van der Waals surface area contributed by atoms with Gasteiger partial charge in [-0.15, -0.1) is 0 Å². The molecular weight excluding hydrogens is 210 g/mol. The molecule has 0 bridgehead atoms. The van der Waals surface area contributed by atoms with E-state index in [1.54, 1.807) is 0 Å². The largest absolute Gasteiger partial charge is 0.385 e. The predicted octanol–water partition coefficient (Wildman–Crippen LogP) is 3.51. The second-order valence-corrected chi connectivity index (χ2v) is 4.87. The van der Waals surface area contributed by atoms with Crippen molar-refractivity contribution in [3.63, 3.8) is 0 Å². The van der Waals surface area contributed by atoms with Crippen LogP contribution in [-0.2, 0) is 0 Å². The van der Waals surface area contributed by atoms with Crippen LogP contribution in [0, 0.1) is 5.92 Å². The summed E-state index contributed by atoms with van der Waals surface area (Å²) in [4.78, 5) is 4.30. The van der Waals surface area contributed by atoms with Gasteiger partial charge in [-0.2, -0.15) is 0 Å². The average Bonchev–Trinajstić information content (AvgIpc) is 2.30. The maximum Gasteiger partial charge on any atom is 0.127 e. The fourth-order valence-corrected chi connectivity index (χ4v) is 2.09. The number of anilines is 2. The zero-order valence-electron chi connectivity index (χ0n) is 10.7. The van der Waals surface area contributed by atoms with Crippen LogP contribution in [0.4, 0.5) is 11.5 Å².